The third kappa shape index (κ3) is 4.17. The molecular formula is C17H13N7O3S2. The van der Waals surface area contributed by atoms with E-state index in [9.17, 15) is 14.9 Å². The van der Waals surface area contributed by atoms with Crippen molar-refractivity contribution in [3.8, 4) is 0 Å². The highest BCUT2D eigenvalue weighted by atomic mass is 32.1. The Kier molecular flexibility index (Phi) is 4.86. The average Bonchev–Trinajstić information content (AvgIpc) is 3.26. The minimum Gasteiger partial charge on any atom is -0.300 e. The molecule has 0 saturated heterocycles. The SMILES string of the molecule is Cc1cc(C)nc(Nc2nc(C(=O)Nc3nc4ccc([N+](=O)[O-])cc4s3)cs2)n1. The third-order valence-electron chi connectivity index (χ3n) is 3.74. The lowest BCUT2D eigenvalue weighted by Crippen LogP contribution is -2.12. The standard InChI is InChI=1S/C17H13N7O3S2/c1-8-5-9(2)19-15(18-8)23-16-21-12(7-28-16)14(25)22-17-20-11-4-3-10(24(26)27)6-13(11)29-17/h3-7H,1-2H3,(H,20,22,25)(H,18,19,21,23). The van der Waals surface area contributed by atoms with Crippen molar-refractivity contribution in [2.75, 3.05) is 10.6 Å². The number of carbonyl (C=O) groups excluding carboxylic acids is 1. The first-order valence-corrected chi connectivity index (χ1v) is 9.98. The summed E-state index contributed by atoms with van der Waals surface area (Å²) in [5, 5.41) is 19.0. The van der Waals surface area contributed by atoms with E-state index in [1.54, 1.807) is 11.4 Å². The third-order valence-corrected chi connectivity index (χ3v) is 5.43. The van der Waals surface area contributed by atoms with Crippen molar-refractivity contribution in [2.24, 2.45) is 0 Å². The van der Waals surface area contributed by atoms with Crippen LogP contribution in [-0.2, 0) is 0 Å². The van der Waals surface area contributed by atoms with Gasteiger partial charge in [-0.3, -0.25) is 20.2 Å². The maximum absolute atomic E-state index is 12.5. The van der Waals surface area contributed by atoms with Crippen molar-refractivity contribution < 1.29 is 9.72 Å². The maximum Gasteiger partial charge on any atom is 0.276 e. The summed E-state index contributed by atoms with van der Waals surface area (Å²) < 4.78 is 0.613. The van der Waals surface area contributed by atoms with Gasteiger partial charge in [-0.15, -0.1) is 11.3 Å². The summed E-state index contributed by atoms with van der Waals surface area (Å²) >= 11 is 2.41. The number of rotatable bonds is 5. The zero-order valence-electron chi connectivity index (χ0n) is 15.2. The molecule has 29 heavy (non-hydrogen) atoms. The second-order valence-corrected chi connectivity index (χ2v) is 7.91. The molecule has 3 heterocycles. The normalized spacial score (nSPS) is 10.8. The van der Waals surface area contributed by atoms with E-state index in [0.29, 0.717) is 26.4 Å². The molecule has 0 saturated carbocycles. The van der Waals surface area contributed by atoms with Crippen molar-refractivity contribution in [3.63, 3.8) is 0 Å². The Hall–Kier alpha value is -3.51. The summed E-state index contributed by atoms with van der Waals surface area (Å²) in [6, 6.07) is 6.21. The number of benzene rings is 1. The van der Waals surface area contributed by atoms with Crippen molar-refractivity contribution >= 4 is 60.7 Å². The number of fused-ring (bicyclic) bond motifs is 1. The van der Waals surface area contributed by atoms with Gasteiger partial charge in [-0.25, -0.2) is 19.9 Å². The van der Waals surface area contributed by atoms with Gasteiger partial charge in [0.05, 0.1) is 15.1 Å². The highest BCUT2D eigenvalue weighted by Gasteiger charge is 2.15. The molecule has 0 unspecified atom stereocenters. The molecule has 0 radical (unpaired) electrons. The molecule has 1 amide bonds. The number of hydrogen-bond donors (Lipinski definition) is 2. The summed E-state index contributed by atoms with van der Waals surface area (Å²) in [5.41, 5.74) is 2.41. The van der Waals surface area contributed by atoms with Gasteiger partial charge >= 0.3 is 0 Å². The molecule has 1 aromatic carbocycles. The number of amides is 1. The van der Waals surface area contributed by atoms with Gasteiger partial charge in [-0.1, -0.05) is 11.3 Å². The van der Waals surface area contributed by atoms with Crippen molar-refractivity contribution in [3.05, 3.63) is 56.8 Å². The molecule has 0 bridgehead atoms. The number of nitro benzene ring substituents is 1. The van der Waals surface area contributed by atoms with Crippen molar-refractivity contribution in [1.82, 2.24) is 19.9 Å². The summed E-state index contributed by atoms with van der Waals surface area (Å²) in [6.07, 6.45) is 0. The number of non-ortho nitro benzene ring substituents is 1. The van der Waals surface area contributed by atoms with Gasteiger partial charge in [-0.2, -0.15) is 0 Å². The van der Waals surface area contributed by atoms with Gasteiger partial charge in [0, 0.05) is 28.9 Å². The van der Waals surface area contributed by atoms with E-state index in [-0.39, 0.29) is 11.4 Å². The topological polar surface area (TPSA) is 136 Å². The van der Waals surface area contributed by atoms with E-state index >= 15 is 0 Å². The fourth-order valence-electron chi connectivity index (χ4n) is 2.55. The number of nitrogens with zero attached hydrogens (tertiary/aromatic N) is 5. The van der Waals surface area contributed by atoms with Gasteiger partial charge in [0.2, 0.25) is 5.95 Å². The Labute approximate surface area is 171 Å². The second-order valence-electron chi connectivity index (χ2n) is 6.02. The summed E-state index contributed by atoms with van der Waals surface area (Å²) in [5.74, 6) is -0.0132. The lowest BCUT2D eigenvalue weighted by Gasteiger charge is -2.03. The quantitative estimate of drug-likeness (QED) is 0.359. The van der Waals surface area contributed by atoms with Crippen LogP contribution < -0.4 is 10.6 Å². The van der Waals surface area contributed by atoms with E-state index in [2.05, 4.69) is 30.6 Å². The van der Waals surface area contributed by atoms with Crippen LogP contribution in [0.25, 0.3) is 10.2 Å². The van der Waals surface area contributed by atoms with E-state index in [0.717, 1.165) is 22.7 Å². The number of nitro groups is 1. The number of carbonyl (C=O) groups is 1. The smallest absolute Gasteiger partial charge is 0.276 e. The minimum atomic E-state index is -0.472. The first-order valence-electron chi connectivity index (χ1n) is 8.28. The lowest BCUT2D eigenvalue weighted by atomic mass is 10.3. The first kappa shape index (κ1) is 18.8. The highest BCUT2D eigenvalue weighted by molar-refractivity contribution is 7.22. The number of aryl methyl sites for hydroxylation is 2. The van der Waals surface area contributed by atoms with Gasteiger partial charge in [0.1, 0.15) is 5.69 Å². The molecule has 0 fully saturated rings. The van der Waals surface area contributed by atoms with Crippen molar-refractivity contribution in [2.45, 2.75) is 13.8 Å². The summed E-state index contributed by atoms with van der Waals surface area (Å²) in [7, 11) is 0. The van der Waals surface area contributed by atoms with Crippen LogP contribution in [0.15, 0.2) is 29.6 Å². The molecule has 3 aromatic heterocycles. The summed E-state index contributed by atoms with van der Waals surface area (Å²) in [6.45, 7) is 3.74. The molecule has 10 nitrogen and oxygen atoms in total. The molecule has 0 atom stereocenters. The Morgan fingerprint density at radius 3 is 2.55 bits per heavy atom. The molecule has 0 aliphatic carbocycles. The maximum atomic E-state index is 12.5. The van der Waals surface area contributed by atoms with Crippen LogP contribution in [0, 0.1) is 24.0 Å². The summed E-state index contributed by atoms with van der Waals surface area (Å²) in [4.78, 5) is 40.0. The van der Waals surface area contributed by atoms with Gasteiger partial charge in [-0.05, 0) is 26.0 Å². The highest BCUT2D eigenvalue weighted by Crippen LogP contribution is 2.29. The fourth-order valence-corrected chi connectivity index (χ4v) is 4.13. The fraction of sp³-hybridized carbons (Fsp3) is 0.118. The zero-order valence-corrected chi connectivity index (χ0v) is 16.8. The molecule has 146 valence electrons. The lowest BCUT2D eigenvalue weighted by molar-refractivity contribution is -0.384. The van der Waals surface area contributed by atoms with Crippen LogP contribution in [-0.4, -0.2) is 30.8 Å². The minimum absolute atomic E-state index is 0.0251. The first-order chi connectivity index (χ1) is 13.9. The van der Waals surface area contributed by atoms with Crippen LogP contribution in [0.2, 0.25) is 0 Å². The Balaban J connectivity index is 1.49. The molecule has 2 N–H and O–H groups in total. The number of thiazole rings is 2. The number of anilines is 3. The zero-order chi connectivity index (χ0) is 20.5. The van der Waals surface area contributed by atoms with E-state index in [1.165, 1.54) is 23.5 Å². The molecule has 0 spiro atoms. The van der Waals surface area contributed by atoms with E-state index in [4.69, 9.17) is 0 Å². The molecule has 4 aromatic rings. The number of nitrogens with one attached hydrogen (secondary N) is 2. The Bertz CT molecular complexity index is 1230. The van der Waals surface area contributed by atoms with Crippen LogP contribution in [0.4, 0.5) is 21.9 Å². The predicted molar refractivity (Wildman–Crippen MR) is 111 cm³/mol. The monoisotopic (exact) mass is 427 g/mol. The number of aromatic nitrogens is 4. The average molecular weight is 427 g/mol. The van der Waals surface area contributed by atoms with Crippen molar-refractivity contribution in [1.29, 1.82) is 0 Å². The Morgan fingerprint density at radius 1 is 1.07 bits per heavy atom. The molecule has 0 aliphatic heterocycles. The molecule has 4 rings (SSSR count). The predicted octanol–water partition coefficient (Wildman–Crippen LogP) is 4.06. The number of hydrogen-bond acceptors (Lipinski definition) is 10. The van der Waals surface area contributed by atoms with Crippen LogP contribution in [0.1, 0.15) is 21.9 Å². The van der Waals surface area contributed by atoms with Crippen LogP contribution in [0.5, 0.6) is 0 Å². The van der Waals surface area contributed by atoms with Crippen LogP contribution in [0.3, 0.4) is 0 Å². The van der Waals surface area contributed by atoms with Crippen LogP contribution >= 0.6 is 22.7 Å². The van der Waals surface area contributed by atoms with Gasteiger partial charge in [0.15, 0.2) is 10.3 Å². The Morgan fingerprint density at radius 2 is 1.83 bits per heavy atom. The van der Waals surface area contributed by atoms with Gasteiger partial charge < -0.3 is 5.32 Å². The molecule has 12 heteroatoms. The van der Waals surface area contributed by atoms with E-state index in [1.807, 2.05) is 19.9 Å². The molecule has 0 aliphatic rings. The second kappa shape index (κ2) is 7.48. The van der Waals surface area contributed by atoms with Gasteiger partial charge in [0.25, 0.3) is 11.6 Å². The largest absolute Gasteiger partial charge is 0.300 e. The molecular weight excluding hydrogens is 414 g/mol. The van der Waals surface area contributed by atoms with E-state index < -0.39 is 10.8 Å².